The highest BCUT2D eigenvalue weighted by molar-refractivity contribution is 4.74. The van der Waals surface area contributed by atoms with E-state index in [0.717, 1.165) is 19.6 Å². The van der Waals surface area contributed by atoms with Crippen LogP contribution in [0.3, 0.4) is 0 Å². The van der Waals surface area contributed by atoms with Gasteiger partial charge in [-0.15, -0.1) is 0 Å². The second kappa shape index (κ2) is 4.80. The zero-order valence-electron chi connectivity index (χ0n) is 7.87. The Hall–Kier alpha value is -0.120. The van der Waals surface area contributed by atoms with Crippen LogP contribution in [0.15, 0.2) is 0 Å². The zero-order chi connectivity index (χ0) is 8.97. The average molecular weight is 172 g/mol. The summed E-state index contributed by atoms with van der Waals surface area (Å²) in [7, 11) is 0. The number of piperidine rings is 1. The van der Waals surface area contributed by atoms with E-state index in [9.17, 15) is 5.11 Å². The smallest absolute Gasteiger partial charge is 0.0675 e. The molecule has 1 saturated heterocycles. The van der Waals surface area contributed by atoms with Crippen molar-refractivity contribution in [1.29, 1.82) is 0 Å². The molecule has 0 aromatic carbocycles. The van der Waals surface area contributed by atoms with Gasteiger partial charge in [-0.05, 0) is 32.9 Å². The number of likely N-dealkylation sites (tertiary alicyclic amines) is 1. The Morgan fingerprint density at radius 2 is 1.92 bits per heavy atom. The molecule has 0 spiro atoms. The molecule has 0 radical (unpaired) electrons. The molecule has 3 N–H and O–H groups in total. The zero-order valence-corrected chi connectivity index (χ0v) is 7.87. The summed E-state index contributed by atoms with van der Waals surface area (Å²) >= 11 is 0. The van der Waals surface area contributed by atoms with Gasteiger partial charge in [-0.2, -0.15) is 0 Å². The largest absolute Gasteiger partial charge is 0.392 e. The molecule has 0 aromatic rings. The van der Waals surface area contributed by atoms with E-state index in [-0.39, 0.29) is 12.1 Å². The predicted molar refractivity (Wildman–Crippen MR) is 49.9 cm³/mol. The fourth-order valence-corrected chi connectivity index (χ4v) is 1.59. The van der Waals surface area contributed by atoms with E-state index in [4.69, 9.17) is 5.73 Å². The summed E-state index contributed by atoms with van der Waals surface area (Å²) in [6.45, 7) is 4.91. The molecule has 12 heavy (non-hydrogen) atoms. The van der Waals surface area contributed by atoms with Gasteiger partial charge in [-0.1, -0.05) is 6.42 Å². The minimum absolute atomic E-state index is 0.0805. The predicted octanol–water partition coefficient (Wildman–Crippen LogP) is 0.180. The number of nitrogens with two attached hydrogens (primary N) is 1. The number of nitrogens with zero attached hydrogens (tertiary/aromatic N) is 1. The van der Waals surface area contributed by atoms with Gasteiger partial charge in [-0.25, -0.2) is 0 Å². The lowest BCUT2D eigenvalue weighted by molar-refractivity contribution is 0.124. The first-order chi connectivity index (χ1) is 5.70. The van der Waals surface area contributed by atoms with Gasteiger partial charge < -0.3 is 15.7 Å². The molecular formula is C9H20N2O. The summed E-state index contributed by atoms with van der Waals surface area (Å²) in [6.07, 6.45) is 3.53. The highest BCUT2D eigenvalue weighted by Gasteiger charge is 2.16. The second-order valence-electron chi connectivity index (χ2n) is 3.77. The van der Waals surface area contributed by atoms with E-state index in [1.54, 1.807) is 6.92 Å². The molecule has 1 heterocycles. The SMILES string of the molecule is CC(O)C(N)CN1CCCCC1. The topological polar surface area (TPSA) is 49.5 Å². The van der Waals surface area contributed by atoms with E-state index in [1.165, 1.54) is 19.3 Å². The Bertz CT molecular complexity index is 122. The monoisotopic (exact) mass is 172 g/mol. The summed E-state index contributed by atoms with van der Waals surface area (Å²) in [5.74, 6) is 0. The number of hydrogen-bond donors (Lipinski definition) is 2. The fourth-order valence-electron chi connectivity index (χ4n) is 1.59. The van der Waals surface area contributed by atoms with E-state index in [2.05, 4.69) is 4.90 Å². The lowest BCUT2D eigenvalue weighted by atomic mass is 10.1. The third-order valence-electron chi connectivity index (χ3n) is 2.54. The first kappa shape index (κ1) is 9.96. The van der Waals surface area contributed by atoms with Gasteiger partial charge in [0, 0.05) is 12.6 Å². The van der Waals surface area contributed by atoms with Crippen molar-refractivity contribution in [2.45, 2.75) is 38.3 Å². The van der Waals surface area contributed by atoms with Crippen LogP contribution in [-0.4, -0.2) is 41.8 Å². The molecule has 0 saturated carbocycles. The highest BCUT2D eigenvalue weighted by atomic mass is 16.3. The molecule has 1 aliphatic heterocycles. The van der Waals surface area contributed by atoms with Crippen LogP contribution in [0, 0.1) is 0 Å². The van der Waals surface area contributed by atoms with Crippen molar-refractivity contribution in [3.05, 3.63) is 0 Å². The van der Waals surface area contributed by atoms with Crippen LogP contribution in [0.5, 0.6) is 0 Å². The minimum atomic E-state index is -0.382. The number of aliphatic hydroxyl groups excluding tert-OH is 1. The van der Waals surface area contributed by atoms with Crippen molar-refractivity contribution in [3.63, 3.8) is 0 Å². The summed E-state index contributed by atoms with van der Waals surface area (Å²) in [6, 6.07) is -0.0805. The summed E-state index contributed by atoms with van der Waals surface area (Å²) in [4.78, 5) is 2.35. The molecule has 1 fully saturated rings. The van der Waals surface area contributed by atoms with Gasteiger partial charge in [0.05, 0.1) is 6.10 Å². The van der Waals surface area contributed by atoms with Gasteiger partial charge in [0.15, 0.2) is 0 Å². The fraction of sp³-hybridized carbons (Fsp3) is 1.00. The lowest BCUT2D eigenvalue weighted by Gasteiger charge is -2.29. The normalized spacial score (nSPS) is 25.2. The Kier molecular flexibility index (Phi) is 3.98. The van der Waals surface area contributed by atoms with Crippen LogP contribution in [-0.2, 0) is 0 Å². The molecular weight excluding hydrogens is 152 g/mol. The molecule has 72 valence electrons. The van der Waals surface area contributed by atoms with Crippen molar-refractivity contribution in [3.8, 4) is 0 Å². The van der Waals surface area contributed by atoms with Crippen molar-refractivity contribution in [2.75, 3.05) is 19.6 Å². The van der Waals surface area contributed by atoms with Crippen LogP contribution in [0.1, 0.15) is 26.2 Å². The number of aliphatic hydroxyl groups is 1. The quantitative estimate of drug-likeness (QED) is 0.638. The molecule has 2 atom stereocenters. The van der Waals surface area contributed by atoms with Crippen LogP contribution in [0.25, 0.3) is 0 Å². The Balaban J connectivity index is 2.20. The minimum Gasteiger partial charge on any atom is -0.392 e. The Morgan fingerprint density at radius 1 is 1.33 bits per heavy atom. The van der Waals surface area contributed by atoms with Crippen molar-refractivity contribution >= 4 is 0 Å². The molecule has 0 aromatic heterocycles. The third kappa shape index (κ3) is 3.09. The van der Waals surface area contributed by atoms with Gasteiger partial charge in [-0.3, -0.25) is 0 Å². The second-order valence-corrected chi connectivity index (χ2v) is 3.77. The molecule has 0 aliphatic carbocycles. The van der Waals surface area contributed by atoms with Crippen LogP contribution in [0.2, 0.25) is 0 Å². The maximum Gasteiger partial charge on any atom is 0.0675 e. The van der Waals surface area contributed by atoms with Gasteiger partial charge in [0.25, 0.3) is 0 Å². The maximum absolute atomic E-state index is 9.20. The van der Waals surface area contributed by atoms with Crippen LogP contribution in [0.4, 0.5) is 0 Å². The average Bonchev–Trinajstić information content (AvgIpc) is 2.06. The van der Waals surface area contributed by atoms with E-state index in [1.807, 2.05) is 0 Å². The number of hydrogen-bond acceptors (Lipinski definition) is 3. The molecule has 1 aliphatic rings. The Morgan fingerprint density at radius 3 is 2.42 bits per heavy atom. The van der Waals surface area contributed by atoms with Crippen LogP contribution < -0.4 is 5.73 Å². The number of rotatable bonds is 3. The van der Waals surface area contributed by atoms with E-state index >= 15 is 0 Å². The summed E-state index contributed by atoms with van der Waals surface area (Å²) in [5.41, 5.74) is 5.76. The lowest BCUT2D eigenvalue weighted by Crippen LogP contribution is -2.45. The maximum atomic E-state index is 9.20. The van der Waals surface area contributed by atoms with Crippen molar-refractivity contribution < 1.29 is 5.11 Å². The molecule has 1 rings (SSSR count). The van der Waals surface area contributed by atoms with Gasteiger partial charge in [0.1, 0.15) is 0 Å². The molecule has 0 amide bonds. The van der Waals surface area contributed by atoms with Crippen LogP contribution >= 0.6 is 0 Å². The first-order valence-electron chi connectivity index (χ1n) is 4.86. The van der Waals surface area contributed by atoms with Gasteiger partial charge in [0.2, 0.25) is 0 Å². The first-order valence-corrected chi connectivity index (χ1v) is 4.86. The highest BCUT2D eigenvalue weighted by Crippen LogP contribution is 2.08. The third-order valence-corrected chi connectivity index (χ3v) is 2.54. The van der Waals surface area contributed by atoms with Crippen molar-refractivity contribution in [1.82, 2.24) is 4.90 Å². The summed E-state index contributed by atoms with van der Waals surface area (Å²) < 4.78 is 0. The molecule has 3 heteroatoms. The van der Waals surface area contributed by atoms with Crippen molar-refractivity contribution in [2.24, 2.45) is 5.73 Å². The van der Waals surface area contributed by atoms with E-state index < -0.39 is 0 Å². The molecule has 2 unspecified atom stereocenters. The van der Waals surface area contributed by atoms with Gasteiger partial charge >= 0.3 is 0 Å². The van der Waals surface area contributed by atoms with E-state index in [0.29, 0.717) is 0 Å². The Labute approximate surface area is 74.5 Å². The standard InChI is InChI=1S/C9H20N2O/c1-8(12)9(10)7-11-5-3-2-4-6-11/h8-9,12H,2-7,10H2,1H3. The molecule has 3 nitrogen and oxygen atoms in total. The molecule has 0 bridgehead atoms. The summed E-state index contributed by atoms with van der Waals surface area (Å²) in [5, 5.41) is 9.20.